The maximum absolute atomic E-state index is 13.2. The molecule has 0 saturated carbocycles. The number of benzene rings is 1. The summed E-state index contributed by atoms with van der Waals surface area (Å²) in [6.07, 6.45) is 8.32. The predicted molar refractivity (Wildman–Crippen MR) is 99.9 cm³/mol. The first kappa shape index (κ1) is 17.2. The van der Waals surface area contributed by atoms with Crippen LogP contribution >= 0.6 is 0 Å². The van der Waals surface area contributed by atoms with E-state index in [2.05, 4.69) is 39.9 Å². The van der Waals surface area contributed by atoms with E-state index >= 15 is 0 Å². The van der Waals surface area contributed by atoms with Gasteiger partial charge in [0.15, 0.2) is 5.69 Å². The highest BCUT2D eigenvalue weighted by Crippen LogP contribution is 2.31. The second-order valence-corrected chi connectivity index (χ2v) is 7.34. The van der Waals surface area contributed by atoms with Gasteiger partial charge in [-0.05, 0) is 44.3 Å². The van der Waals surface area contributed by atoms with Crippen molar-refractivity contribution in [1.82, 2.24) is 25.2 Å². The molecule has 1 aromatic carbocycles. The second kappa shape index (κ2) is 7.99. The Hall–Kier alpha value is -2.21. The van der Waals surface area contributed by atoms with Crippen molar-refractivity contribution in [2.45, 2.75) is 50.6 Å². The smallest absolute Gasteiger partial charge is 0.276 e. The van der Waals surface area contributed by atoms with Crippen LogP contribution in [-0.4, -0.2) is 45.4 Å². The van der Waals surface area contributed by atoms with Crippen LogP contribution < -0.4 is 5.32 Å². The fourth-order valence-corrected chi connectivity index (χ4v) is 4.14. The van der Waals surface area contributed by atoms with Crippen LogP contribution in [0.3, 0.4) is 0 Å². The summed E-state index contributed by atoms with van der Waals surface area (Å²) in [5, 5.41) is 11.9. The summed E-state index contributed by atoms with van der Waals surface area (Å²) in [5.41, 5.74) is 1.69. The lowest BCUT2D eigenvalue weighted by Crippen LogP contribution is -2.35. The topological polar surface area (TPSA) is 63.1 Å². The number of nitrogens with one attached hydrogen (secondary N) is 1. The lowest BCUT2D eigenvalue weighted by atomic mass is 10.0. The molecule has 1 aromatic heterocycles. The summed E-state index contributed by atoms with van der Waals surface area (Å²) in [7, 11) is 0. The molecule has 1 atom stereocenters. The van der Waals surface area contributed by atoms with E-state index in [9.17, 15) is 4.79 Å². The minimum Gasteiger partial charge on any atom is -0.330 e. The summed E-state index contributed by atoms with van der Waals surface area (Å²) in [5.74, 6) is 0.0148. The van der Waals surface area contributed by atoms with Gasteiger partial charge in [0.05, 0.1) is 18.3 Å². The first-order valence-corrected chi connectivity index (χ1v) is 9.81. The number of piperidine rings is 1. The normalized spacial score (nSPS) is 22.2. The van der Waals surface area contributed by atoms with Gasteiger partial charge >= 0.3 is 0 Å². The first-order chi connectivity index (χ1) is 12.8. The Morgan fingerprint density at radius 3 is 2.65 bits per heavy atom. The molecule has 0 spiro atoms. The van der Waals surface area contributed by atoms with Crippen molar-refractivity contribution in [1.29, 1.82) is 0 Å². The third-order valence-electron chi connectivity index (χ3n) is 5.61. The molecule has 6 heteroatoms. The van der Waals surface area contributed by atoms with Crippen molar-refractivity contribution in [3.05, 3.63) is 47.8 Å². The Morgan fingerprint density at radius 2 is 1.85 bits per heavy atom. The van der Waals surface area contributed by atoms with Gasteiger partial charge in [0.2, 0.25) is 0 Å². The third-order valence-corrected chi connectivity index (χ3v) is 5.61. The first-order valence-electron chi connectivity index (χ1n) is 9.81. The van der Waals surface area contributed by atoms with E-state index in [1.54, 1.807) is 0 Å². The largest absolute Gasteiger partial charge is 0.330 e. The Labute approximate surface area is 154 Å². The van der Waals surface area contributed by atoms with E-state index < -0.39 is 0 Å². The van der Waals surface area contributed by atoms with E-state index in [4.69, 9.17) is 0 Å². The van der Waals surface area contributed by atoms with Gasteiger partial charge in [0, 0.05) is 6.54 Å². The lowest BCUT2D eigenvalue weighted by molar-refractivity contribution is 0.0674. The Kier molecular flexibility index (Phi) is 5.29. The summed E-state index contributed by atoms with van der Waals surface area (Å²) >= 11 is 0. The number of carbonyl (C=O) groups is 1. The monoisotopic (exact) mass is 353 g/mol. The molecule has 0 radical (unpaired) electrons. The van der Waals surface area contributed by atoms with Gasteiger partial charge in [-0.1, -0.05) is 48.4 Å². The molecule has 2 saturated heterocycles. The van der Waals surface area contributed by atoms with E-state index in [0.717, 1.165) is 51.7 Å². The molecular formula is C20H27N5O. The average molecular weight is 353 g/mol. The van der Waals surface area contributed by atoms with Gasteiger partial charge in [-0.25, -0.2) is 4.68 Å². The molecule has 26 heavy (non-hydrogen) atoms. The second-order valence-electron chi connectivity index (χ2n) is 7.34. The highest BCUT2D eigenvalue weighted by atomic mass is 16.2. The van der Waals surface area contributed by atoms with Crippen LogP contribution in [0.5, 0.6) is 0 Å². The number of hydrogen-bond acceptors (Lipinski definition) is 4. The third kappa shape index (κ3) is 3.65. The molecule has 4 rings (SSSR count). The Morgan fingerprint density at radius 1 is 1.04 bits per heavy atom. The number of likely N-dealkylation sites (tertiary alicyclic amines) is 1. The fourth-order valence-electron chi connectivity index (χ4n) is 4.14. The van der Waals surface area contributed by atoms with Crippen LogP contribution in [0.2, 0.25) is 0 Å². The molecule has 2 aromatic rings. The van der Waals surface area contributed by atoms with Crippen LogP contribution in [0.4, 0.5) is 0 Å². The molecule has 2 aliphatic rings. The van der Waals surface area contributed by atoms with E-state index in [0.29, 0.717) is 11.7 Å². The molecule has 1 N–H and O–H groups in total. The molecule has 2 fully saturated rings. The summed E-state index contributed by atoms with van der Waals surface area (Å²) in [6, 6.07) is 10.9. The maximum Gasteiger partial charge on any atom is 0.276 e. The average Bonchev–Trinajstić information content (AvgIpc) is 3.07. The number of carbonyl (C=O) groups excluding carboxylic acids is 1. The van der Waals surface area contributed by atoms with Crippen molar-refractivity contribution >= 4 is 5.91 Å². The van der Waals surface area contributed by atoms with Crippen LogP contribution in [0.25, 0.3) is 0 Å². The van der Waals surface area contributed by atoms with Crippen LogP contribution in [0, 0.1) is 0 Å². The van der Waals surface area contributed by atoms with E-state index in [1.165, 1.54) is 12.0 Å². The van der Waals surface area contributed by atoms with Crippen molar-refractivity contribution in [3.63, 3.8) is 0 Å². The zero-order valence-electron chi connectivity index (χ0n) is 15.2. The van der Waals surface area contributed by atoms with E-state index in [-0.39, 0.29) is 11.9 Å². The molecule has 0 bridgehead atoms. The summed E-state index contributed by atoms with van der Waals surface area (Å²) in [4.78, 5) is 15.2. The molecule has 0 aliphatic carbocycles. The summed E-state index contributed by atoms with van der Waals surface area (Å²) < 4.78 is 1.89. The summed E-state index contributed by atoms with van der Waals surface area (Å²) in [6.45, 7) is 2.78. The highest BCUT2D eigenvalue weighted by Gasteiger charge is 2.29. The molecular weight excluding hydrogens is 326 g/mol. The quantitative estimate of drug-likeness (QED) is 0.921. The van der Waals surface area contributed by atoms with Gasteiger partial charge in [-0.15, -0.1) is 5.10 Å². The van der Waals surface area contributed by atoms with Crippen LogP contribution in [-0.2, 0) is 0 Å². The van der Waals surface area contributed by atoms with Gasteiger partial charge in [0.25, 0.3) is 5.91 Å². The zero-order valence-corrected chi connectivity index (χ0v) is 15.2. The number of aromatic nitrogens is 3. The van der Waals surface area contributed by atoms with Crippen molar-refractivity contribution in [2.75, 3.05) is 19.6 Å². The van der Waals surface area contributed by atoms with Gasteiger partial charge < -0.3 is 10.2 Å². The molecule has 6 nitrogen and oxygen atoms in total. The highest BCUT2D eigenvalue weighted by molar-refractivity contribution is 5.92. The lowest BCUT2D eigenvalue weighted by Gasteiger charge is -2.29. The molecule has 1 unspecified atom stereocenters. The van der Waals surface area contributed by atoms with Gasteiger partial charge in [-0.2, -0.15) is 0 Å². The standard InChI is InChI=1S/C20H27N5O/c26-20(18-15-25(23-22-18)17-10-12-21-13-11-17)24-14-6-2-5-9-19(24)16-7-3-1-4-8-16/h1,3-4,7-8,15,17,19,21H,2,5-6,9-14H2. The van der Waals surface area contributed by atoms with Crippen molar-refractivity contribution in [2.24, 2.45) is 0 Å². The SMILES string of the molecule is O=C(c1cn(C2CCNCC2)nn1)N1CCCCCC1c1ccccc1. The van der Waals surface area contributed by atoms with Gasteiger partial charge in [-0.3, -0.25) is 4.79 Å². The molecule has 1 amide bonds. The van der Waals surface area contributed by atoms with Crippen LogP contribution in [0.1, 0.15) is 66.7 Å². The molecule has 3 heterocycles. The van der Waals surface area contributed by atoms with Gasteiger partial charge in [0.1, 0.15) is 0 Å². The van der Waals surface area contributed by atoms with Crippen LogP contribution in [0.15, 0.2) is 36.5 Å². The van der Waals surface area contributed by atoms with Crippen molar-refractivity contribution in [3.8, 4) is 0 Å². The molecule has 138 valence electrons. The Balaban J connectivity index is 1.55. The van der Waals surface area contributed by atoms with Crippen molar-refractivity contribution < 1.29 is 4.79 Å². The maximum atomic E-state index is 13.2. The molecule has 2 aliphatic heterocycles. The predicted octanol–water partition coefficient (Wildman–Crippen LogP) is 2.96. The minimum absolute atomic E-state index is 0.0148. The Bertz CT molecular complexity index is 723. The number of hydrogen-bond donors (Lipinski definition) is 1. The zero-order chi connectivity index (χ0) is 17.8. The fraction of sp³-hybridized carbons (Fsp3) is 0.550. The van der Waals surface area contributed by atoms with E-state index in [1.807, 2.05) is 21.8 Å². The number of rotatable bonds is 3. The number of nitrogens with zero attached hydrogens (tertiary/aromatic N) is 4. The number of amides is 1. The minimum atomic E-state index is 0.0148.